The molecule has 0 spiro atoms. The number of piperidine rings is 1. The second-order valence-corrected chi connectivity index (χ2v) is 9.55. The van der Waals surface area contributed by atoms with Gasteiger partial charge in [-0.05, 0) is 38.3 Å². The van der Waals surface area contributed by atoms with E-state index in [9.17, 15) is 14.4 Å². The Bertz CT molecular complexity index is 1010. The minimum absolute atomic E-state index is 0.0981. The van der Waals surface area contributed by atoms with Crippen LogP contribution in [0.3, 0.4) is 0 Å². The van der Waals surface area contributed by atoms with Crippen LogP contribution in [0.2, 0.25) is 0 Å². The van der Waals surface area contributed by atoms with Gasteiger partial charge in [0.05, 0.1) is 28.8 Å². The average Bonchev–Trinajstić information content (AvgIpc) is 3.44. The highest BCUT2D eigenvalue weighted by atomic mass is 32.1. The van der Waals surface area contributed by atoms with Crippen LogP contribution in [0.15, 0.2) is 29.8 Å². The van der Waals surface area contributed by atoms with Gasteiger partial charge >= 0.3 is 0 Å². The summed E-state index contributed by atoms with van der Waals surface area (Å²) in [7, 11) is 1.87. The predicted octanol–water partition coefficient (Wildman–Crippen LogP) is 3.98. The van der Waals surface area contributed by atoms with E-state index in [2.05, 4.69) is 16.8 Å². The molecule has 0 saturated carbocycles. The van der Waals surface area contributed by atoms with Crippen molar-refractivity contribution in [1.29, 1.82) is 0 Å². The van der Waals surface area contributed by atoms with Crippen LogP contribution in [0.25, 0.3) is 0 Å². The Labute approximate surface area is 193 Å². The number of unbranched alkanes of at least 4 members (excludes halogenated alkanes) is 1. The molecular formula is C24H30N4O3S. The average molecular weight is 455 g/mol. The Morgan fingerprint density at radius 2 is 2.12 bits per heavy atom. The number of carbonyl (C=O) groups is 3. The number of anilines is 1. The Morgan fingerprint density at radius 1 is 1.31 bits per heavy atom. The number of rotatable bonds is 7. The van der Waals surface area contributed by atoms with E-state index in [0.717, 1.165) is 49.5 Å². The summed E-state index contributed by atoms with van der Waals surface area (Å²) < 4.78 is 0. The number of benzene rings is 1. The van der Waals surface area contributed by atoms with Crippen molar-refractivity contribution in [2.45, 2.75) is 45.6 Å². The molecule has 170 valence electrons. The Hall–Kier alpha value is -2.74. The summed E-state index contributed by atoms with van der Waals surface area (Å²) in [5, 5.41) is 2.58. The fraction of sp³-hybridized carbons (Fsp3) is 0.500. The fourth-order valence-corrected chi connectivity index (χ4v) is 5.35. The lowest BCUT2D eigenvalue weighted by atomic mass is 9.95. The quantitative estimate of drug-likeness (QED) is 0.592. The van der Waals surface area contributed by atoms with Crippen molar-refractivity contribution in [2.75, 3.05) is 31.6 Å². The van der Waals surface area contributed by atoms with Crippen molar-refractivity contribution in [3.63, 3.8) is 0 Å². The monoisotopic (exact) mass is 454 g/mol. The predicted molar refractivity (Wildman–Crippen MR) is 125 cm³/mol. The molecule has 0 bridgehead atoms. The number of aromatic nitrogens is 1. The number of hydrogen-bond donors (Lipinski definition) is 0. The van der Waals surface area contributed by atoms with Gasteiger partial charge in [0.15, 0.2) is 0 Å². The van der Waals surface area contributed by atoms with E-state index < -0.39 is 6.04 Å². The van der Waals surface area contributed by atoms with Crippen LogP contribution in [-0.2, 0) is 4.79 Å². The van der Waals surface area contributed by atoms with Gasteiger partial charge in [-0.15, -0.1) is 11.3 Å². The third kappa shape index (κ3) is 4.03. The Kier molecular flexibility index (Phi) is 6.60. The molecule has 2 aliphatic heterocycles. The van der Waals surface area contributed by atoms with Crippen molar-refractivity contribution in [1.82, 2.24) is 14.8 Å². The van der Waals surface area contributed by atoms with Gasteiger partial charge in [-0.1, -0.05) is 19.4 Å². The molecule has 2 aromatic rings. The molecule has 0 radical (unpaired) electrons. The standard InChI is InChI=1S/C24H30N4O3S/c1-4-5-12-26(3)22(29)17-8-7-13-27(15-17)19-10-6-9-18-20(19)24(31)28(23(18)30)16(2)21-25-11-14-32-21/h6,9-11,14,16-17H,4-5,7-8,12-13,15H2,1-3H3/t16-,17+/m0/s1. The molecule has 2 aliphatic rings. The van der Waals surface area contributed by atoms with Crippen molar-refractivity contribution >= 4 is 34.7 Å². The number of imide groups is 1. The SMILES string of the molecule is CCCCN(C)C(=O)[C@@H]1CCCN(c2cccc3c2C(=O)N([C@@H](C)c2nccs2)C3=O)C1. The second-order valence-electron chi connectivity index (χ2n) is 8.62. The fourth-order valence-electron chi connectivity index (χ4n) is 4.67. The number of carbonyl (C=O) groups excluding carboxylic acids is 3. The lowest BCUT2D eigenvalue weighted by molar-refractivity contribution is -0.134. The molecule has 1 aromatic heterocycles. The molecule has 1 aromatic carbocycles. The van der Waals surface area contributed by atoms with Crippen LogP contribution in [0, 0.1) is 5.92 Å². The molecule has 1 saturated heterocycles. The molecular weight excluding hydrogens is 424 g/mol. The lowest BCUT2D eigenvalue weighted by Gasteiger charge is -2.36. The zero-order chi connectivity index (χ0) is 22.8. The number of nitrogens with zero attached hydrogens (tertiary/aromatic N) is 4. The number of amides is 3. The summed E-state index contributed by atoms with van der Waals surface area (Å²) in [5.74, 6) is -0.494. The molecule has 8 heteroatoms. The van der Waals surface area contributed by atoms with E-state index in [-0.39, 0.29) is 23.6 Å². The Balaban J connectivity index is 1.58. The van der Waals surface area contributed by atoms with E-state index in [4.69, 9.17) is 0 Å². The van der Waals surface area contributed by atoms with Gasteiger partial charge in [0.25, 0.3) is 11.8 Å². The minimum atomic E-state index is -0.418. The molecule has 0 unspecified atom stereocenters. The zero-order valence-corrected chi connectivity index (χ0v) is 19.7. The molecule has 3 amide bonds. The molecule has 3 heterocycles. The molecule has 7 nitrogen and oxygen atoms in total. The molecule has 0 aliphatic carbocycles. The third-order valence-corrected chi connectivity index (χ3v) is 7.40. The summed E-state index contributed by atoms with van der Waals surface area (Å²) in [6.07, 6.45) is 5.46. The highest BCUT2D eigenvalue weighted by Gasteiger charge is 2.42. The van der Waals surface area contributed by atoms with E-state index >= 15 is 0 Å². The van der Waals surface area contributed by atoms with Crippen molar-refractivity contribution in [2.24, 2.45) is 5.92 Å². The van der Waals surface area contributed by atoms with Crippen LogP contribution in [0.5, 0.6) is 0 Å². The van der Waals surface area contributed by atoms with Gasteiger partial charge in [0.1, 0.15) is 5.01 Å². The zero-order valence-electron chi connectivity index (χ0n) is 18.9. The first-order valence-electron chi connectivity index (χ1n) is 11.3. The largest absolute Gasteiger partial charge is 0.370 e. The molecule has 2 atom stereocenters. The minimum Gasteiger partial charge on any atom is -0.370 e. The van der Waals surface area contributed by atoms with E-state index in [1.165, 1.54) is 16.2 Å². The highest BCUT2D eigenvalue weighted by Crippen LogP contribution is 2.38. The van der Waals surface area contributed by atoms with Gasteiger partial charge in [0.2, 0.25) is 5.91 Å². The van der Waals surface area contributed by atoms with Crippen LogP contribution in [0.4, 0.5) is 5.69 Å². The number of hydrogen-bond acceptors (Lipinski definition) is 6. The smallest absolute Gasteiger partial charge is 0.264 e. The van der Waals surface area contributed by atoms with Crippen molar-refractivity contribution in [3.8, 4) is 0 Å². The maximum Gasteiger partial charge on any atom is 0.264 e. The topological polar surface area (TPSA) is 73.8 Å². The maximum atomic E-state index is 13.4. The maximum absolute atomic E-state index is 13.4. The summed E-state index contributed by atoms with van der Waals surface area (Å²) in [6.45, 7) is 6.05. The van der Waals surface area contributed by atoms with Crippen LogP contribution >= 0.6 is 11.3 Å². The Morgan fingerprint density at radius 3 is 2.84 bits per heavy atom. The summed E-state index contributed by atoms with van der Waals surface area (Å²) in [5.41, 5.74) is 1.64. The third-order valence-electron chi connectivity index (χ3n) is 6.46. The van der Waals surface area contributed by atoms with Gasteiger partial charge < -0.3 is 9.80 Å². The van der Waals surface area contributed by atoms with Crippen molar-refractivity contribution < 1.29 is 14.4 Å². The van der Waals surface area contributed by atoms with Gasteiger partial charge in [-0.3, -0.25) is 19.3 Å². The van der Waals surface area contributed by atoms with Crippen molar-refractivity contribution in [3.05, 3.63) is 45.9 Å². The summed E-state index contributed by atoms with van der Waals surface area (Å²) in [4.78, 5) is 49.1. The van der Waals surface area contributed by atoms with Gasteiger partial charge in [-0.2, -0.15) is 0 Å². The van der Waals surface area contributed by atoms with E-state index in [1.54, 1.807) is 12.3 Å². The molecule has 1 fully saturated rings. The highest BCUT2D eigenvalue weighted by molar-refractivity contribution is 7.09. The second kappa shape index (κ2) is 9.40. The van der Waals surface area contributed by atoms with Crippen LogP contribution in [-0.4, -0.2) is 59.2 Å². The number of thiazole rings is 1. The van der Waals surface area contributed by atoms with E-state index in [0.29, 0.717) is 17.7 Å². The molecule has 32 heavy (non-hydrogen) atoms. The number of fused-ring (bicyclic) bond motifs is 1. The lowest BCUT2D eigenvalue weighted by Crippen LogP contribution is -2.44. The molecule has 0 N–H and O–H groups in total. The van der Waals surface area contributed by atoms with Gasteiger partial charge in [0, 0.05) is 38.3 Å². The molecule has 4 rings (SSSR count). The van der Waals surface area contributed by atoms with E-state index in [1.807, 2.05) is 36.4 Å². The first kappa shape index (κ1) is 22.5. The van der Waals surface area contributed by atoms with Gasteiger partial charge in [-0.25, -0.2) is 4.98 Å². The first-order chi connectivity index (χ1) is 15.4. The summed E-state index contributed by atoms with van der Waals surface area (Å²) in [6, 6.07) is 5.03. The summed E-state index contributed by atoms with van der Waals surface area (Å²) >= 11 is 1.43. The van der Waals surface area contributed by atoms with Crippen LogP contribution in [0.1, 0.15) is 71.3 Å². The normalized spacial score (nSPS) is 19.3. The first-order valence-corrected chi connectivity index (χ1v) is 12.2. The van der Waals surface area contributed by atoms with Crippen LogP contribution < -0.4 is 4.90 Å².